The Labute approximate surface area is 155 Å². The van der Waals surface area contributed by atoms with Crippen LogP contribution in [0.1, 0.15) is 5.56 Å². The molecule has 0 spiro atoms. The number of hydrogen-bond donors (Lipinski definition) is 2. The van der Waals surface area contributed by atoms with E-state index in [4.69, 9.17) is 15.2 Å². The SMILES string of the molecule is NC(=O)COc1ccc(/C=N\Nc2ncc(F)c(N3CCOCC3)n2)cc1. The zero-order chi connectivity index (χ0) is 19.1. The first-order chi connectivity index (χ1) is 13.1. The summed E-state index contributed by atoms with van der Waals surface area (Å²) in [4.78, 5) is 20.6. The molecule has 1 aliphatic rings. The van der Waals surface area contributed by atoms with Gasteiger partial charge in [0.25, 0.3) is 5.91 Å². The smallest absolute Gasteiger partial charge is 0.255 e. The lowest BCUT2D eigenvalue weighted by Crippen LogP contribution is -2.37. The molecular weight excluding hydrogens is 355 g/mol. The molecule has 1 fully saturated rings. The molecule has 0 unspecified atom stereocenters. The number of hydrogen-bond acceptors (Lipinski definition) is 8. The molecule has 9 nitrogen and oxygen atoms in total. The minimum atomic E-state index is -0.541. The number of hydrazone groups is 1. The number of halogens is 1. The van der Waals surface area contributed by atoms with E-state index in [0.29, 0.717) is 32.1 Å². The lowest BCUT2D eigenvalue weighted by Gasteiger charge is -2.27. The fourth-order valence-corrected chi connectivity index (χ4v) is 2.38. The van der Waals surface area contributed by atoms with E-state index in [1.807, 2.05) is 0 Å². The van der Waals surface area contributed by atoms with E-state index in [1.165, 1.54) is 0 Å². The Morgan fingerprint density at radius 2 is 2.11 bits per heavy atom. The van der Waals surface area contributed by atoms with Crippen LogP contribution in [0.25, 0.3) is 0 Å². The van der Waals surface area contributed by atoms with Crippen molar-refractivity contribution in [1.82, 2.24) is 9.97 Å². The molecule has 2 heterocycles. The van der Waals surface area contributed by atoms with Crippen LogP contribution in [0.5, 0.6) is 5.75 Å². The van der Waals surface area contributed by atoms with Gasteiger partial charge in [-0.2, -0.15) is 10.1 Å². The number of anilines is 2. The number of nitrogens with one attached hydrogen (secondary N) is 1. The first kappa shape index (κ1) is 18.5. The number of carbonyl (C=O) groups is 1. The van der Waals surface area contributed by atoms with Crippen LogP contribution in [-0.4, -0.2) is 55.0 Å². The molecule has 1 aliphatic heterocycles. The zero-order valence-corrected chi connectivity index (χ0v) is 14.5. The summed E-state index contributed by atoms with van der Waals surface area (Å²) in [6.07, 6.45) is 2.67. The molecule has 0 radical (unpaired) electrons. The van der Waals surface area contributed by atoms with Crippen molar-refractivity contribution < 1.29 is 18.7 Å². The van der Waals surface area contributed by atoms with Crippen molar-refractivity contribution >= 4 is 23.9 Å². The van der Waals surface area contributed by atoms with Gasteiger partial charge in [0.2, 0.25) is 5.95 Å². The van der Waals surface area contributed by atoms with Gasteiger partial charge in [0.1, 0.15) is 5.75 Å². The molecule has 1 amide bonds. The lowest BCUT2D eigenvalue weighted by molar-refractivity contribution is -0.119. The highest BCUT2D eigenvalue weighted by Crippen LogP contribution is 2.18. The lowest BCUT2D eigenvalue weighted by atomic mass is 10.2. The van der Waals surface area contributed by atoms with Crippen molar-refractivity contribution in [2.45, 2.75) is 0 Å². The summed E-state index contributed by atoms with van der Waals surface area (Å²) in [5, 5.41) is 4.05. The summed E-state index contributed by atoms with van der Waals surface area (Å²) >= 11 is 0. The van der Waals surface area contributed by atoms with Gasteiger partial charge in [-0.05, 0) is 29.8 Å². The van der Waals surface area contributed by atoms with Crippen molar-refractivity contribution in [3.63, 3.8) is 0 Å². The minimum absolute atomic E-state index is 0.178. The molecule has 1 aromatic carbocycles. The minimum Gasteiger partial charge on any atom is -0.484 e. The number of benzene rings is 1. The highest BCUT2D eigenvalue weighted by molar-refractivity contribution is 5.80. The number of ether oxygens (including phenoxy) is 2. The van der Waals surface area contributed by atoms with Crippen molar-refractivity contribution in [2.24, 2.45) is 10.8 Å². The van der Waals surface area contributed by atoms with Crippen LogP contribution in [0.15, 0.2) is 35.6 Å². The average Bonchev–Trinajstić information content (AvgIpc) is 2.69. The maximum atomic E-state index is 14.0. The molecule has 10 heteroatoms. The number of aromatic nitrogens is 2. The molecule has 1 saturated heterocycles. The highest BCUT2D eigenvalue weighted by Gasteiger charge is 2.17. The van der Waals surface area contributed by atoms with E-state index in [1.54, 1.807) is 35.4 Å². The van der Waals surface area contributed by atoms with Crippen molar-refractivity contribution in [1.29, 1.82) is 0 Å². The van der Waals surface area contributed by atoms with Crippen LogP contribution < -0.4 is 20.8 Å². The van der Waals surface area contributed by atoms with E-state index in [-0.39, 0.29) is 18.4 Å². The molecular formula is C17H19FN6O3. The van der Waals surface area contributed by atoms with Gasteiger partial charge in [-0.15, -0.1) is 0 Å². The van der Waals surface area contributed by atoms with Crippen LogP contribution in [-0.2, 0) is 9.53 Å². The van der Waals surface area contributed by atoms with Crippen LogP contribution in [0.3, 0.4) is 0 Å². The van der Waals surface area contributed by atoms with Gasteiger partial charge >= 0.3 is 0 Å². The molecule has 0 aliphatic carbocycles. The molecule has 0 atom stereocenters. The molecule has 1 aromatic heterocycles. The quantitative estimate of drug-likeness (QED) is 0.543. The van der Waals surface area contributed by atoms with E-state index >= 15 is 0 Å². The number of amides is 1. The van der Waals surface area contributed by atoms with E-state index in [0.717, 1.165) is 11.8 Å². The maximum Gasteiger partial charge on any atom is 0.255 e. The Hall–Kier alpha value is -3.27. The predicted molar refractivity (Wildman–Crippen MR) is 97.4 cm³/mol. The fraction of sp³-hybridized carbons (Fsp3) is 0.294. The Morgan fingerprint density at radius 3 is 2.81 bits per heavy atom. The Morgan fingerprint density at radius 1 is 1.37 bits per heavy atom. The van der Waals surface area contributed by atoms with Crippen LogP contribution in [0, 0.1) is 5.82 Å². The van der Waals surface area contributed by atoms with Gasteiger partial charge in [-0.3, -0.25) is 4.79 Å². The van der Waals surface area contributed by atoms with Gasteiger partial charge in [-0.1, -0.05) is 0 Å². The van der Waals surface area contributed by atoms with Gasteiger partial charge in [0, 0.05) is 13.1 Å². The van der Waals surface area contributed by atoms with E-state index in [2.05, 4.69) is 20.5 Å². The second kappa shape index (κ2) is 8.90. The number of morpholine rings is 1. The molecule has 27 heavy (non-hydrogen) atoms. The maximum absolute atomic E-state index is 14.0. The molecule has 0 saturated carbocycles. The molecule has 2 aromatic rings. The third-order valence-electron chi connectivity index (χ3n) is 3.68. The number of carbonyl (C=O) groups excluding carboxylic acids is 1. The third kappa shape index (κ3) is 5.35. The normalized spacial score (nSPS) is 14.3. The molecule has 3 N–H and O–H groups in total. The summed E-state index contributed by atoms with van der Waals surface area (Å²) in [5.41, 5.74) is 8.49. The number of nitrogens with two attached hydrogens (primary N) is 1. The molecule has 142 valence electrons. The largest absolute Gasteiger partial charge is 0.484 e. The average molecular weight is 374 g/mol. The fourth-order valence-electron chi connectivity index (χ4n) is 2.38. The Kier molecular flexibility index (Phi) is 6.10. The second-order valence-corrected chi connectivity index (χ2v) is 5.66. The van der Waals surface area contributed by atoms with Crippen LogP contribution in [0.4, 0.5) is 16.2 Å². The first-order valence-electron chi connectivity index (χ1n) is 8.27. The summed E-state index contributed by atoms with van der Waals surface area (Å²) in [7, 11) is 0. The zero-order valence-electron chi connectivity index (χ0n) is 14.5. The summed E-state index contributed by atoms with van der Waals surface area (Å²) < 4.78 is 24.4. The molecule has 3 rings (SSSR count). The second-order valence-electron chi connectivity index (χ2n) is 5.66. The van der Waals surface area contributed by atoms with Gasteiger partial charge in [0.05, 0.1) is 25.6 Å². The van der Waals surface area contributed by atoms with Gasteiger partial charge in [-0.25, -0.2) is 14.8 Å². The number of rotatable bonds is 7. The van der Waals surface area contributed by atoms with Gasteiger partial charge < -0.3 is 20.1 Å². The Balaban J connectivity index is 1.60. The first-order valence-corrected chi connectivity index (χ1v) is 8.27. The predicted octanol–water partition coefficient (Wildman–Crippen LogP) is 0.762. The van der Waals surface area contributed by atoms with E-state index in [9.17, 15) is 9.18 Å². The van der Waals surface area contributed by atoms with Crippen molar-refractivity contribution in [2.75, 3.05) is 43.2 Å². The third-order valence-corrected chi connectivity index (χ3v) is 3.68. The number of primary amides is 1. The van der Waals surface area contributed by atoms with Crippen LogP contribution >= 0.6 is 0 Å². The highest BCUT2D eigenvalue weighted by atomic mass is 19.1. The van der Waals surface area contributed by atoms with Crippen LogP contribution in [0.2, 0.25) is 0 Å². The van der Waals surface area contributed by atoms with Crippen molar-refractivity contribution in [3.05, 3.63) is 41.8 Å². The summed E-state index contributed by atoms with van der Waals surface area (Å²) in [6.45, 7) is 2.02. The Bertz CT molecular complexity index is 809. The monoisotopic (exact) mass is 374 g/mol. The topological polar surface area (TPSA) is 115 Å². The van der Waals surface area contributed by atoms with Gasteiger partial charge in [0.15, 0.2) is 18.2 Å². The van der Waals surface area contributed by atoms with Crippen molar-refractivity contribution in [3.8, 4) is 5.75 Å². The van der Waals surface area contributed by atoms with E-state index < -0.39 is 11.7 Å². The standard InChI is InChI=1S/C17H19FN6O3/c18-14-10-20-17(22-16(14)24-5-7-26-8-6-24)23-21-9-12-1-3-13(4-2-12)27-11-15(19)25/h1-4,9-10H,5-8,11H2,(H2,19,25)(H,20,22,23)/b21-9-. The summed E-state index contributed by atoms with van der Waals surface area (Å²) in [5.74, 6) is -0.0907. The molecule has 0 bridgehead atoms. The number of nitrogens with zero attached hydrogens (tertiary/aromatic N) is 4. The summed E-state index contributed by atoms with van der Waals surface area (Å²) in [6, 6.07) is 6.89.